The van der Waals surface area contributed by atoms with Crippen molar-refractivity contribution in [2.75, 3.05) is 26.2 Å². The quantitative estimate of drug-likeness (QED) is 0.702. The fourth-order valence-corrected chi connectivity index (χ4v) is 3.46. The molecule has 0 bridgehead atoms. The summed E-state index contributed by atoms with van der Waals surface area (Å²) >= 11 is 5.98. The van der Waals surface area contributed by atoms with Gasteiger partial charge in [-0.05, 0) is 64.8 Å². The van der Waals surface area contributed by atoms with Gasteiger partial charge in [-0.3, -0.25) is 9.69 Å². The van der Waals surface area contributed by atoms with Gasteiger partial charge < -0.3 is 15.4 Å². The summed E-state index contributed by atoms with van der Waals surface area (Å²) in [5.74, 6) is 0.00372. The van der Waals surface area contributed by atoms with Crippen LogP contribution in [0, 0.1) is 5.92 Å². The van der Waals surface area contributed by atoms with Gasteiger partial charge in [-0.15, -0.1) is 0 Å². The van der Waals surface area contributed by atoms with E-state index in [-0.39, 0.29) is 17.9 Å². The van der Waals surface area contributed by atoms with Crippen LogP contribution in [0.1, 0.15) is 52.1 Å². The lowest BCUT2D eigenvalue weighted by atomic mass is 9.94. The number of piperidine rings is 1. The fourth-order valence-electron chi connectivity index (χ4n) is 3.33. The summed E-state index contributed by atoms with van der Waals surface area (Å²) in [7, 11) is 0. The number of hydrogen-bond donors (Lipinski definition) is 2. The molecule has 1 aromatic rings. The number of alkyl carbamates (subject to hydrolysis) is 1. The fraction of sp³-hybridized carbons (Fsp3) is 0.619. The van der Waals surface area contributed by atoms with E-state index in [9.17, 15) is 9.59 Å². The molecular weight excluding hydrogens is 378 g/mol. The average molecular weight is 410 g/mol. The summed E-state index contributed by atoms with van der Waals surface area (Å²) in [4.78, 5) is 26.5. The van der Waals surface area contributed by atoms with Crippen LogP contribution in [-0.2, 0) is 9.53 Å². The summed E-state index contributed by atoms with van der Waals surface area (Å²) in [5, 5.41) is 6.31. The van der Waals surface area contributed by atoms with Gasteiger partial charge in [0.15, 0.2) is 0 Å². The van der Waals surface area contributed by atoms with Crippen molar-refractivity contribution in [3.05, 3.63) is 34.9 Å². The van der Waals surface area contributed by atoms with Gasteiger partial charge in [0.2, 0.25) is 5.91 Å². The lowest BCUT2D eigenvalue weighted by molar-refractivity contribution is -0.127. The van der Waals surface area contributed by atoms with E-state index in [4.69, 9.17) is 16.3 Å². The Labute approximate surface area is 172 Å². The number of hydrogen-bond acceptors (Lipinski definition) is 4. The number of ether oxygens (including phenoxy) is 1. The first-order valence-electron chi connectivity index (χ1n) is 9.90. The Morgan fingerprint density at radius 3 is 2.50 bits per heavy atom. The van der Waals surface area contributed by atoms with E-state index in [1.54, 1.807) is 0 Å². The van der Waals surface area contributed by atoms with Gasteiger partial charge >= 0.3 is 6.09 Å². The van der Waals surface area contributed by atoms with Crippen LogP contribution in [0.2, 0.25) is 5.02 Å². The Kier molecular flexibility index (Phi) is 8.13. The molecule has 1 saturated heterocycles. The molecule has 2 N–H and O–H groups in total. The second-order valence-electron chi connectivity index (χ2n) is 8.28. The van der Waals surface area contributed by atoms with Gasteiger partial charge in [0.05, 0.1) is 5.92 Å². The predicted molar refractivity (Wildman–Crippen MR) is 111 cm³/mol. The number of carbonyl (C=O) groups is 2. The standard InChI is InChI=1S/C21H32ClN3O3/c1-15(16-7-9-18(22)10-8-16)25-13-5-6-17(14-25)19(26)23-11-12-24-20(27)28-21(2,3)4/h7-10,15,17H,5-6,11-14H2,1-4H3,(H,23,26)(H,24,27). The van der Waals surface area contributed by atoms with Crippen molar-refractivity contribution in [3.63, 3.8) is 0 Å². The van der Waals surface area contributed by atoms with Crippen LogP contribution in [0.3, 0.4) is 0 Å². The Hall–Kier alpha value is -1.79. The third-order valence-corrected chi connectivity index (χ3v) is 5.07. The molecule has 0 spiro atoms. The van der Waals surface area contributed by atoms with Crippen LogP contribution >= 0.6 is 11.6 Å². The average Bonchev–Trinajstić information content (AvgIpc) is 2.64. The van der Waals surface area contributed by atoms with Gasteiger partial charge in [-0.2, -0.15) is 0 Å². The number of rotatable bonds is 6. The van der Waals surface area contributed by atoms with E-state index in [2.05, 4.69) is 22.5 Å². The summed E-state index contributed by atoms with van der Waals surface area (Å²) in [6.45, 7) is 10.0. The first kappa shape index (κ1) is 22.5. The minimum Gasteiger partial charge on any atom is -0.444 e. The van der Waals surface area contributed by atoms with Crippen molar-refractivity contribution in [1.29, 1.82) is 0 Å². The largest absolute Gasteiger partial charge is 0.444 e. The van der Waals surface area contributed by atoms with E-state index in [1.807, 2.05) is 45.0 Å². The second-order valence-corrected chi connectivity index (χ2v) is 8.72. The number of nitrogens with zero attached hydrogens (tertiary/aromatic N) is 1. The van der Waals surface area contributed by atoms with Crippen molar-refractivity contribution in [2.24, 2.45) is 5.92 Å². The van der Waals surface area contributed by atoms with E-state index < -0.39 is 11.7 Å². The highest BCUT2D eigenvalue weighted by atomic mass is 35.5. The van der Waals surface area contributed by atoms with Crippen molar-refractivity contribution in [2.45, 2.75) is 52.2 Å². The molecule has 1 heterocycles. The maximum Gasteiger partial charge on any atom is 0.407 e. The van der Waals surface area contributed by atoms with Gasteiger partial charge in [0.25, 0.3) is 0 Å². The van der Waals surface area contributed by atoms with Crippen molar-refractivity contribution < 1.29 is 14.3 Å². The molecule has 0 aliphatic carbocycles. The molecule has 28 heavy (non-hydrogen) atoms. The van der Waals surface area contributed by atoms with Crippen LogP contribution in [0.15, 0.2) is 24.3 Å². The summed E-state index contributed by atoms with van der Waals surface area (Å²) in [6.07, 6.45) is 1.41. The number of nitrogens with one attached hydrogen (secondary N) is 2. The monoisotopic (exact) mass is 409 g/mol. The smallest absolute Gasteiger partial charge is 0.407 e. The highest BCUT2D eigenvalue weighted by Crippen LogP contribution is 2.27. The molecule has 156 valence electrons. The minimum atomic E-state index is -0.528. The number of halogens is 1. The molecule has 2 amide bonds. The summed E-state index contributed by atoms with van der Waals surface area (Å²) in [5.41, 5.74) is 0.673. The normalized spacial score (nSPS) is 19.0. The first-order chi connectivity index (χ1) is 13.2. The third-order valence-electron chi connectivity index (χ3n) is 4.82. The number of benzene rings is 1. The second kappa shape index (κ2) is 10.1. The summed E-state index contributed by atoms with van der Waals surface area (Å²) < 4.78 is 5.17. The van der Waals surface area contributed by atoms with Crippen LogP contribution in [0.25, 0.3) is 0 Å². The van der Waals surface area contributed by atoms with Crippen LogP contribution < -0.4 is 10.6 Å². The summed E-state index contributed by atoms with van der Waals surface area (Å²) in [6, 6.07) is 8.12. The van der Waals surface area contributed by atoms with Gasteiger partial charge in [0, 0.05) is 30.7 Å². The lowest BCUT2D eigenvalue weighted by Crippen LogP contribution is -2.45. The van der Waals surface area contributed by atoms with Crippen LogP contribution in [0.4, 0.5) is 4.79 Å². The van der Waals surface area contributed by atoms with E-state index in [1.165, 1.54) is 5.56 Å². The molecule has 1 aliphatic heterocycles. The highest BCUT2D eigenvalue weighted by Gasteiger charge is 2.28. The molecule has 6 nitrogen and oxygen atoms in total. The zero-order valence-electron chi connectivity index (χ0n) is 17.3. The number of carbonyl (C=O) groups excluding carboxylic acids is 2. The zero-order chi connectivity index (χ0) is 20.7. The Morgan fingerprint density at radius 1 is 1.21 bits per heavy atom. The lowest BCUT2D eigenvalue weighted by Gasteiger charge is -2.36. The number of amides is 2. The van der Waals surface area contributed by atoms with Crippen molar-refractivity contribution in [3.8, 4) is 0 Å². The van der Waals surface area contributed by atoms with Gasteiger partial charge in [0.1, 0.15) is 5.60 Å². The SMILES string of the molecule is CC(c1ccc(Cl)cc1)N1CCCC(C(=O)NCCNC(=O)OC(C)(C)C)C1. The third kappa shape index (κ3) is 7.32. The van der Waals surface area contributed by atoms with Gasteiger partial charge in [-0.25, -0.2) is 4.79 Å². The molecule has 2 atom stereocenters. The molecule has 1 aromatic carbocycles. The Bertz CT molecular complexity index is 658. The molecule has 1 aliphatic rings. The molecule has 7 heteroatoms. The molecule has 0 radical (unpaired) electrons. The Balaban J connectivity index is 1.76. The molecular formula is C21H32ClN3O3. The van der Waals surface area contributed by atoms with E-state index in [0.29, 0.717) is 13.1 Å². The molecule has 2 unspecified atom stereocenters. The van der Waals surface area contributed by atoms with Gasteiger partial charge in [-0.1, -0.05) is 23.7 Å². The van der Waals surface area contributed by atoms with Crippen LogP contribution in [-0.4, -0.2) is 48.7 Å². The topological polar surface area (TPSA) is 70.7 Å². The molecule has 1 fully saturated rings. The molecule has 2 rings (SSSR count). The Morgan fingerprint density at radius 2 is 1.86 bits per heavy atom. The first-order valence-corrected chi connectivity index (χ1v) is 10.3. The maximum atomic E-state index is 12.5. The molecule has 0 saturated carbocycles. The van der Waals surface area contributed by atoms with E-state index >= 15 is 0 Å². The maximum absolute atomic E-state index is 12.5. The predicted octanol–water partition coefficient (Wildman–Crippen LogP) is 3.75. The highest BCUT2D eigenvalue weighted by molar-refractivity contribution is 6.30. The van der Waals surface area contributed by atoms with Crippen molar-refractivity contribution >= 4 is 23.6 Å². The van der Waals surface area contributed by atoms with Crippen molar-refractivity contribution in [1.82, 2.24) is 15.5 Å². The zero-order valence-corrected chi connectivity index (χ0v) is 18.0. The molecule has 0 aromatic heterocycles. The van der Waals surface area contributed by atoms with E-state index in [0.717, 1.165) is 31.0 Å². The number of likely N-dealkylation sites (tertiary alicyclic amines) is 1. The van der Waals surface area contributed by atoms with Crippen LogP contribution in [0.5, 0.6) is 0 Å². The minimum absolute atomic E-state index is 0.0370.